The highest BCUT2D eigenvalue weighted by molar-refractivity contribution is 5.82. The summed E-state index contributed by atoms with van der Waals surface area (Å²) < 4.78 is 4.79. The first-order valence-corrected chi connectivity index (χ1v) is 5.66. The molecule has 1 aromatic carbocycles. The Morgan fingerprint density at radius 3 is 2.79 bits per heavy atom. The second-order valence-corrected chi connectivity index (χ2v) is 3.77. The van der Waals surface area contributed by atoms with Crippen LogP contribution in [0.3, 0.4) is 0 Å². The molecule has 0 saturated carbocycles. The van der Waals surface area contributed by atoms with Crippen molar-refractivity contribution in [2.75, 3.05) is 11.9 Å². The molecule has 0 spiro atoms. The molecular formula is C12H14N2O5. The smallest absolute Gasteiger partial charge is 0.328 e. The Kier molecular flexibility index (Phi) is 4.99. The summed E-state index contributed by atoms with van der Waals surface area (Å²) in [7, 11) is 0. The monoisotopic (exact) mass is 266 g/mol. The number of nitrogens with one attached hydrogen (secondary N) is 1. The van der Waals surface area contributed by atoms with Crippen LogP contribution in [0.5, 0.6) is 0 Å². The van der Waals surface area contributed by atoms with Crippen molar-refractivity contribution in [3.8, 4) is 0 Å². The van der Waals surface area contributed by atoms with Crippen molar-refractivity contribution in [2.45, 2.75) is 19.9 Å². The maximum absolute atomic E-state index is 11.4. The van der Waals surface area contributed by atoms with Crippen molar-refractivity contribution in [1.82, 2.24) is 0 Å². The van der Waals surface area contributed by atoms with E-state index in [1.54, 1.807) is 6.92 Å². The number of carbonyl (C=O) groups excluding carboxylic acids is 2. The van der Waals surface area contributed by atoms with E-state index in [9.17, 15) is 19.7 Å². The molecule has 1 N–H and O–H groups in total. The lowest BCUT2D eigenvalue weighted by Crippen LogP contribution is -2.28. The number of hydrogen-bond acceptors (Lipinski definition) is 6. The Morgan fingerprint density at radius 1 is 1.58 bits per heavy atom. The number of carbonyl (C=O) groups is 2. The molecule has 1 aromatic rings. The molecule has 19 heavy (non-hydrogen) atoms. The van der Waals surface area contributed by atoms with Gasteiger partial charge in [0.15, 0.2) is 0 Å². The molecule has 0 heterocycles. The van der Waals surface area contributed by atoms with Crippen molar-refractivity contribution in [3.05, 3.63) is 33.9 Å². The van der Waals surface area contributed by atoms with Gasteiger partial charge in [-0.15, -0.1) is 0 Å². The van der Waals surface area contributed by atoms with Gasteiger partial charge in [-0.1, -0.05) is 0 Å². The number of ether oxygens (including phenoxy) is 1. The van der Waals surface area contributed by atoms with Gasteiger partial charge in [0.25, 0.3) is 5.69 Å². The second-order valence-electron chi connectivity index (χ2n) is 3.77. The third-order valence-corrected chi connectivity index (χ3v) is 2.37. The Morgan fingerprint density at radius 2 is 2.26 bits per heavy atom. The predicted octanol–water partition coefficient (Wildman–Crippen LogP) is 1.77. The second kappa shape index (κ2) is 6.48. The molecule has 7 heteroatoms. The summed E-state index contributed by atoms with van der Waals surface area (Å²) in [5.74, 6) is -0.503. The van der Waals surface area contributed by atoms with Crippen LogP contribution >= 0.6 is 0 Å². The van der Waals surface area contributed by atoms with Gasteiger partial charge in [-0.3, -0.25) is 14.9 Å². The van der Waals surface area contributed by atoms with Gasteiger partial charge in [0.1, 0.15) is 18.0 Å². The Bertz CT molecular complexity index is 501. The number of benzene rings is 1. The molecule has 1 rings (SSSR count). The fourth-order valence-corrected chi connectivity index (χ4v) is 1.45. The first-order valence-electron chi connectivity index (χ1n) is 5.66. The molecular weight excluding hydrogens is 252 g/mol. The zero-order chi connectivity index (χ0) is 14.4. The normalized spacial score (nSPS) is 11.5. The van der Waals surface area contributed by atoms with E-state index in [-0.39, 0.29) is 23.5 Å². The van der Waals surface area contributed by atoms with Crippen LogP contribution < -0.4 is 5.32 Å². The molecule has 0 aliphatic carbocycles. The lowest BCUT2D eigenvalue weighted by atomic mass is 10.1. The van der Waals surface area contributed by atoms with Gasteiger partial charge >= 0.3 is 5.97 Å². The molecule has 0 radical (unpaired) electrons. The number of hydrogen-bond donors (Lipinski definition) is 1. The Balaban J connectivity index is 2.97. The SMILES string of the molecule is CCOC(=O)C(C)Nc1ccc(C=O)cc1[N+](=O)[O-]. The molecule has 7 nitrogen and oxygen atoms in total. The molecule has 0 saturated heterocycles. The van der Waals surface area contributed by atoms with Crippen LogP contribution in [0.2, 0.25) is 0 Å². The first kappa shape index (κ1) is 14.6. The lowest BCUT2D eigenvalue weighted by molar-refractivity contribution is -0.384. The van der Waals surface area contributed by atoms with Crippen molar-refractivity contribution < 1.29 is 19.2 Å². The van der Waals surface area contributed by atoms with Crippen LogP contribution in [-0.2, 0) is 9.53 Å². The van der Waals surface area contributed by atoms with Crippen LogP contribution in [0.4, 0.5) is 11.4 Å². The number of anilines is 1. The highest BCUT2D eigenvalue weighted by atomic mass is 16.6. The van der Waals surface area contributed by atoms with E-state index in [0.29, 0.717) is 6.29 Å². The van der Waals surface area contributed by atoms with Gasteiger partial charge in [-0.2, -0.15) is 0 Å². The van der Waals surface area contributed by atoms with E-state index in [4.69, 9.17) is 4.74 Å². The quantitative estimate of drug-likeness (QED) is 0.364. The largest absolute Gasteiger partial charge is 0.464 e. The predicted molar refractivity (Wildman–Crippen MR) is 68.2 cm³/mol. The van der Waals surface area contributed by atoms with Crippen molar-refractivity contribution in [2.24, 2.45) is 0 Å². The number of nitrogens with zero attached hydrogens (tertiary/aromatic N) is 1. The van der Waals surface area contributed by atoms with Gasteiger partial charge in [-0.25, -0.2) is 4.79 Å². The minimum absolute atomic E-state index is 0.163. The zero-order valence-electron chi connectivity index (χ0n) is 10.6. The van der Waals surface area contributed by atoms with E-state index in [1.165, 1.54) is 19.1 Å². The minimum Gasteiger partial charge on any atom is -0.464 e. The Hall–Kier alpha value is -2.44. The van der Waals surface area contributed by atoms with Crippen LogP contribution in [0.1, 0.15) is 24.2 Å². The average Bonchev–Trinajstić information content (AvgIpc) is 2.39. The van der Waals surface area contributed by atoms with E-state index in [1.807, 2.05) is 0 Å². The minimum atomic E-state index is -0.722. The maximum Gasteiger partial charge on any atom is 0.328 e. The fourth-order valence-electron chi connectivity index (χ4n) is 1.45. The first-order chi connectivity index (χ1) is 8.99. The van der Waals surface area contributed by atoms with Crippen molar-refractivity contribution in [3.63, 3.8) is 0 Å². The summed E-state index contributed by atoms with van der Waals surface area (Å²) in [6, 6.07) is 3.24. The molecule has 0 aromatic heterocycles. The molecule has 0 aliphatic rings. The highest BCUT2D eigenvalue weighted by Crippen LogP contribution is 2.25. The van der Waals surface area contributed by atoms with Gasteiger partial charge in [-0.05, 0) is 26.0 Å². The number of nitro benzene ring substituents is 1. The molecule has 102 valence electrons. The third kappa shape index (κ3) is 3.77. The van der Waals surface area contributed by atoms with E-state index >= 15 is 0 Å². The average molecular weight is 266 g/mol. The third-order valence-electron chi connectivity index (χ3n) is 2.37. The van der Waals surface area contributed by atoms with Crippen molar-refractivity contribution in [1.29, 1.82) is 0 Å². The van der Waals surface area contributed by atoms with Crippen molar-refractivity contribution >= 4 is 23.6 Å². The fraction of sp³-hybridized carbons (Fsp3) is 0.333. The van der Waals surface area contributed by atoms with E-state index < -0.39 is 16.9 Å². The van der Waals surface area contributed by atoms with E-state index in [0.717, 1.165) is 6.07 Å². The highest BCUT2D eigenvalue weighted by Gasteiger charge is 2.20. The van der Waals surface area contributed by atoms with Gasteiger partial charge in [0.05, 0.1) is 11.5 Å². The summed E-state index contributed by atoms with van der Waals surface area (Å²) in [5, 5.41) is 13.6. The summed E-state index contributed by atoms with van der Waals surface area (Å²) in [6.07, 6.45) is 0.519. The topological polar surface area (TPSA) is 98.5 Å². The summed E-state index contributed by atoms with van der Waals surface area (Å²) in [6.45, 7) is 3.44. The maximum atomic E-state index is 11.4. The number of nitro groups is 1. The molecule has 0 amide bonds. The Labute approximate surface area is 109 Å². The summed E-state index contributed by atoms with van der Waals surface area (Å²) in [5.41, 5.74) is 0.0953. The van der Waals surface area contributed by atoms with Crippen LogP contribution in [0.15, 0.2) is 18.2 Å². The standard InChI is InChI=1S/C12H14N2O5/c1-3-19-12(16)8(2)13-10-5-4-9(7-15)6-11(10)14(17)18/h4-8,13H,3H2,1-2H3. The van der Waals surface area contributed by atoms with Crippen LogP contribution in [0.25, 0.3) is 0 Å². The van der Waals surface area contributed by atoms with Gasteiger partial charge in [0, 0.05) is 11.6 Å². The van der Waals surface area contributed by atoms with Crippen LogP contribution in [-0.4, -0.2) is 29.8 Å². The van der Waals surface area contributed by atoms with Crippen LogP contribution in [0, 0.1) is 10.1 Å². The summed E-state index contributed by atoms with van der Waals surface area (Å²) in [4.78, 5) is 32.3. The van der Waals surface area contributed by atoms with Gasteiger partial charge < -0.3 is 10.1 Å². The number of rotatable bonds is 6. The molecule has 1 unspecified atom stereocenters. The van der Waals surface area contributed by atoms with E-state index in [2.05, 4.69) is 5.32 Å². The molecule has 1 atom stereocenters. The number of aldehydes is 1. The number of esters is 1. The summed E-state index contributed by atoms with van der Waals surface area (Å²) >= 11 is 0. The molecule has 0 bridgehead atoms. The molecule has 0 fully saturated rings. The van der Waals surface area contributed by atoms with Gasteiger partial charge in [0.2, 0.25) is 0 Å². The lowest BCUT2D eigenvalue weighted by Gasteiger charge is -2.14. The zero-order valence-corrected chi connectivity index (χ0v) is 10.6. The molecule has 0 aliphatic heterocycles.